The van der Waals surface area contributed by atoms with E-state index >= 15 is 4.57 Å². The molecule has 1 atom stereocenters. The van der Waals surface area contributed by atoms with Gasteiger partial charge in [-0.2, -0.15) is 0 Å². The van der Waals surface area contributed by atoms with Crippen molar-refractivity contribution in [3.05, 3.63) is 176 Å². The van der Waals surface area contributed by atoms with Crippen molar-refractivity contribution in [3.63, 3.8) is 0 Å². The van der Waals surface area contributed by atoms with Crippen LogP contribution in [0.25, 0.3) is 61.0 Å². The predicted molar refractivity (Wildman–Crippen MR) is 207 cm³/mol. The lowest BCUT2D eigenvalue weighted by Crippen LogP contribution is -2.34. The molecule has 236 valence electrons. The van der Waals surface area contributed by atoms with Gasteiger partial charge < -0.3 is 0 Å². The van der Waals surface area contributed by atoms with Crippen LogP contribution in [0.15, 0.2) is 176 Å². The molecule has 1 aliphatic heterocycles. The molecule has 0 saturated carbocycles. The first-order valence-corrected chi connectivity index (χ1v) is 18.4. The van der Waals surface area contributed by atoms with Crippen molar-refractivity contribution in [2.24, 2.45) is 0 Å². The van der Waals surface area contributed by atoms with Crippen LogP contribution in [0.3, 0.4) is 0 Å². The second kappa shape index (κ2) is 11.1. The van der Waals surface area contributed by atoms with Gasteiger partial charge in [-0.15, -0.1) is 0 Å². The Balaban J connectivity index is 1.40. The van der Waals surface area contributed by atoms with Crippen LogP contribution in [0, 0.1) is 0 Å². The number of fused-ring (bicyclic) bond motifs is 8. The molecule has 1 aliphatic rings. The number of nitrogens with zero attached hydrogens (tertiary/aromatic N) is 4. The lowest BCUT2D eigenvalue weighted by Gasteiger charge is -2.40. The van der Waals surface area contributed by atoms with Crippen molar-refractivity contribution >= 4 is 62.0 Å². The highest BCUT2D eigenvalue weighted by atomic mass is 31.2. The van der Waals surface area contributed by atoms with Crippen molar-refractivity contribution in [1.29, 1.82) is 0 Å². The highest BCUT2D eigenvalue weighted by Gasteiger charge is 2.44. The van der Waals surface area contributed by atoms with E-state index in [9.17, 15) is 0 Å². The fraction of sp³-hybridized carbons (Fsp3) is 0. The molecule has 0 aliphatic carbocycles. The summed E-state index contributed by atoms with van der Waals surface area (Å²) >= 11 is 0. The first-order valence-electron chi connectivity index (χ1n) is 16.7. The first-order chi connectivity index (χ1) is 24.7. The summed E-state index contributed by atoms with van der Waals surface area (Å²) in [5, 5.41) is 4.69. The number of para-hydroxylation sites is 3. The van der Waals surface area contributed by atoms with Crippen molar-refractivity contribution in [3.8, 4) is 28.3 Å². The van der Waals surface area contributed by atoms with Crippen LogP contribution in [-0.4, -0.2) is 14.5 Å². The molecule has 10 rings (SSSR count). The number of aromatic nitrogens is 3. The lowest BCUT2D eigenvalue weighted by atomic mass is 10.00. The molecule has 2 aromatic heterocycles. The third-order valence-corrected chi connectivity index (χ3v) is 12.8. The Labute approximate surface area is 289 Å². The van der Waals surface area contributed by atoms with Crippen molar-refractivity contribution in [1.82, 2.24) is 14.5 Å². The quantitative estimate of drug-likeness (QED) is 0.176. The third kappa shape index (κ3) is 4.11. The topological polar surface area (TPSA) is 51.0 Å². The summed E-state index contributed by atoms with van der Waals surface area (Å²) in [5.74, 6) is 0.559. The van der Waals surface area contributed by atoms with Gasteiger partial charge in [0, 0.05) is 43.6 Å². The zero-order valence-electron chi connectivity index (χ0n) is 26.9. The summed E-state index contributed by atoms with van der Waals surface area (Å²) in [7, 11) is -3.50. The van der Waals surface area contributed by atoms with Gasteiger partial charge in [0.05, 0.1) is 27.9 Å². The number of rotatable bonds is 4. The number of hydrogen-bond donors (Lipinski definition) is 0. The van der Waals surface area contributed by atoms with E-state index in [1.165, 1.54) is 0 Å². The molecule has 0 radical (unpaired) electrons. The molecule has 0 saturated heterocycles. The number of benzene rings is 7. The molecule has 0 bridgehead atoms. The van der Waals surface area contributed by atoms with Crippen LogP contribution in [-0.2, 0) is 4.57 Å². The van der Waals surface area contributed by atoms with Crippen LogP contribution in [0.4, 0.5) is 11.4 Å². The molecule has 0 N–H and O–H groups in total. The highest BCUT2D eigenvalue weighted by Crippen LogP contribution is 2.63. The zero-order valence-corrected chi connectivity index (χ0v) is 27.8. The van der Waals surface area contributed by atoms with Gasteiger partial charge in [0.25, 0.3) is 0 Å². The van der Waals surface area contributed by atoms with E-state index in [0.29, 0.717) is 5.95 Å². The minimum absolute atomic E-state index is 0.559. The molecule has 3 heterocycles. The molecule has 7 aromatic carbocycles. The van der Waals surface area contributed by atoms with Gasteiger partial charge >= 0.3 is 0 Å². The minimum Gasteiger partial charge on any atom is -0.289 e. The van der Waals surface area contributed by atoms with Crippen molar-refractivity contribution in [2.75, 3.05) is 4.67 Å². The van der Waals surface area contributed by atoms with Gasteiger partial charge in [0.2, 0.25) is 13.2 Å². The van der Waals surface area contributed by atoms with Gasteiger partial charge in [-0.1, -0.05) is 133 Å². The molecule has 1 unspecified atom stereocenters. The van der Waals surface area contributed by atoms with E-state index in [-0.39, 0.29) is 0 Å². The maximum Gasteiger partial charge on any atom is 0.235 e. The van der Waals surface area contributed by atoms with Crippen LogP contribution in [0.2, 0.25) is 0 Å². The fourth-order valence-corrected chi connectivity index (χ4v) is 10.7. The highest BCUT2D eigenvalue weighted by molar-refractivity contribution is 7.81. The van der Waals surface area contributed by atoms with Crippen LogP contribution >= 0.6 is 7.29 Å². The molecule has 6 heteroatoms. The summed E-state index contributed by atoms with van der Waals surface area (Å²) in [6.45, 7) is 0. The average Bonchev–Trinajstić information content (AvgIpc) is 3.53. The maximum absolute atomic E-state index is 16.4. The third-order valence-electron chi connectivity index (χ3n) is 9.77. The fourth-order valence-electron chi connectivity index (χ4n) is 7.62. The smallest absolute Gasteiger partial charge is 0.235 e. The molecule has 0 spiro atoms. The van der Waals surface area contributed by atoms with E-state index in [1.807, 2.05) is 103 Å². The minimum atomic E-state index is -3.50. The van der Waals surface area contributed by atoms with Crippen molar-refractivity contribution in [2.45, 2.75) is 0 Å². The largest absolute Gasteiger partial charge is 0.289 e. The van der Waals surface area contributed by atoms with Crippen molar-refractivity contribution < 1.29 is 4.57 Å². The van der Waals surface area contributed by atoms with Crippen LogP contribution in [0.5, 0.6) is 0 Å². The SMILES string of the molecule is O=P1(c2ccccc2)c2ccccc2-c2ccc3c4ccccc4n(-c4nc(-c5ccccc5)c5ccccc5n4)c3c2N1c1ccccc1. The predicted octanol–water partition coefficient (Wildman–Crippen LogP) is 10.4. The standard InChI is InChI=1S/C44H29N4OP/c49-50(32-20-8-3-9-21-32)40-27-15-12-23-34(40)36-29-28-35-33-22-11-14-26-39(33)47(42(35)43(36)48(50)31-18-6-2-7-19-31)44-45-38-25-13-10-24-37(38)41(46-44)30-16-4-1-5-17-30/h1-29H. The summed E-state index contributed by atoms with van der Waals surface area (Å²) < 4.78 is 20.6. The Morgan fingerprint density at radius 1 is 0.500 bits per heavy atom. The Kier molecular flexibility index (Phi) is 6.39. The zero-order chi connectivity index (χ0) is 33.2. The van der Waals surface area contributed by atoms with E-state index in [0.717, 1.165) is 77.1 Å². The van der Waals surface area contributed by atoms with Gasteiger partial charge in [0.1, 0.15) is 0 Å². The Morgan fingerprint density at radius 2 is 1.14 bits per heavy atom. The first kappa shape index (κ1) is 28.7. The number of anilines is 2. The second-order valence-electron chi connectivity index (χ2n) is 12.5. The normalized spacial score (nSPS) is 15.3. The maximum atomic E-state index is 16.4. The second-order valence-corrected chi connectivity index (χ2v) is 15.1. The van der Waals surface area contributed by atoms with Crippen LogP contribution in [0.1, 0.15) is 0 Å². The summed E-state index contributed by atoms with van der Waals surface area (Å²) in [6.07, 6.45) is 0. The Morgan fingerprint density at radius 3 is 1.94 bits per heavy atom. The molecule has 0 amide bonds. The van der Waals surface area contributed by atoms with E-state index in [2.05, 4.69) is 82.0 Å². The lowest BCUT2D eigenvalue weighted by molar-refractivity contribution is 0.587. The monoisotopic (exact) mass is 660 g/mol. The van der Waals surface area contributed by atoms with Gasteiger partial charge in [-0.3, -0.25) is 13.8 Å². The van der Waals surface area contributed by atoms with E-state index in [4.69, 9.17) is 9.97 Å². The molecule has 5 nitrogen and oxygen atoms in total. The van der Waals surface area contributed by atoms with Crippen LogP contribution < -0.4 is 15.3 Å². The summed E-state index contributed by atoms with van der Waals surface area (Å²) in [5.41, 5.74) is 8.31. The van der Waals surface area contributed by atoms with E-state index in [1.54, 1.807) is 0 Å². The summed E-state index contributed by atoms with van der Waals surface area (Å²) in [4.78, 5) is 10.6. The Bertz CT molecular complexity index is 2800. The Hall–Kier alpha value is -6.29. The molecular formula is C44H29N4OP. The summed E-state index contributed by atoms with van der Waals surface area (Å²) in [6, 6.07) is 59.5. The molecule has 0 fully saturated rings. The molecule has 50 heavy (non-hydrogen) atoms. The molecule has 9 aromatic rings. The van der Waals surface area contributed by atoms with E-state index < -0.39 is 7.29 Å². The average molecular weight is 661 g/mol. The van der Waals surface area contributed by atoms with Gasteiger partial charge in [-0.25, -0.2) is 9.97 Å². The molecular weight excluding hydrogens is 631 g/mol. The number of hydrogen-bond acceptors (Lipinski definition) is 3. The van der Waals surface area contributed by atoms with Gasteiger partial charge in [0.15, 0.2) is 0 Å². The van der Waals surface area contributed by atoms with Gasteiger partial charge in [-0.05, 0) is 48.0 Å².